The van der Waals surface area contributed by atoms with Crippen LogP contribution in [-0.4, -0.2) is 0 Å². The Labute approximate surface area is 133 Å². The molecule has 0 bridgehead atoms. The maximum absolute atomic E-state index is 4.87. The van der Waals surface area contributed by atoms with Gasteiger partial charge in [-0.15, -0.1) is 0 Å². The van der Waals surface area contributed by atoms with Crippen LogP contribution < -0.4 is 10.6 Å². The van der Waals surface area contributed by atoms with Gasteiger partial charge in [-0.25, -0.2) is 0 Å². The van der Waals surface area contributed by atoms with E-state index in [0.717, 1.165) is 8.58 Å². The molecule has 0 aliphatic heterocycles. The Morgan fingerprint density at radius 1 is 0.684 bits per heavy atom. The molecule has 0 unspecified atom stereocenters. The van der Waals surface area contributed by atoms with Crippen LogP contribution in [0.2, 0.25) is 0 Å². The summed E-state index contributed by atoms with van der Waals surface area (Å²) in [5.74, 6) is 0. The van der Waals surface area contributed by atoms with Crippen molar-refractivity contribution in [2.24, 2.45) is 0 Å². The average molecular weight is 380 g/mol. The van der Waals surface area contributed by atoms with Crippen LogP contribution in [0.5, 0.6) is 0 Å². The van der Waals surface area contributed by atoms with E-state index in [1.165, 1.54) is 21.7 Å². The van der Waals surface area contributed by atoms with Gasteiger partial charge in [-0.2, -0.15) is 0 Å². The van der Waals surface area contributed by atoms with E-state index in [0.29, 0.717) is 0 Å². The van der Waals surface area contributed by atoms with E-state index in [2.05, 4.69) is 62.4 Å². The molecule has 0 nitrogen and oxygen atoms in total. The third kappa shape index (κ3) is 8.19. The normalized spacial score (nSPS) is 10.5. The molecule has 2 rings (SSSR count). The first-order valence-corrected chi connectivity index (χ1v) is 10.8. The van der Waals surface area contributed by atoms with Gasteiger partial charge in [0.2, 0.25) is 0 Å². The summed E-state index contributed by atoms with van der Waals surface area (Å²) in [6, 6.07) is 17.6. The minimum atomic E-state index is -1.19. The van der Waals surface area contributed by atoms with Crippen LogP contribution in [0.15, 0.2) is 48.5 Å². The van der Waals surface area contributed by atoms with Gasteiger partial charge in [0.25, 0.3) is 0 Å². The van der Waals surface area contributed by atoms with Gasteiger partial charge in [-0.05, 0) is 24.5 Å². The van der Waals surface area contributed by atoms with Crippen LogP contribution in [0.4, 0.5) is 0 Å². The molecule has 0 aromatic heterocycles. The first-order valence-electron chi connectivity index (χ1n) is 5.52. The quantitative estimate of drug-likeness (QED) is 0.644. The van der Waals surface area contributed by atoms with Crippen molar-refractivity contribution in [3.63, 3.8) is 0 Å². The van der Waals surface area contributed by atoms with Crippen molar-refractivity contribution < 1.29 is 10.9 Å². The van der Waals surface area contributed by atoms with Crippen molar-refractivity contribution in [3.05, 3.63) is 59.7 Å². The second-order valence-electron chi connectivity index (χ2n) is 4.00. The second kappa shape index (κ2) is 9.23. The second-order valence-corrected chi connectivity index (χ2v) is 10.6. The Morgan fingerprint density at radius 2 is 0.947 bits per heavy atom. The van der Waals surface area contributed by atoms with Gasteiger partial charge in [-0.1, -0.05) is 68.2 Å². The van der Waals surface area contributed by atoms with Crippen molar-refractivity contribution in [3.8, 4) is 0 Å². The number of rotatable bonds is 2. The summed E-state index contributed by atoms with van der Waals surface area (Å²) in [4.78, 5) is 0. The van der Waals surface area contributed by atoms with E-state index in [1.807, 2.05) is 0 Å². The molecule has 2 aromatic carbocycles. The van der Waals surface area contributed by atoms with Crippen molar-refractivity contribution in [1.29, 1.82) is 0 Å². The molecule has 106 valence electrons. The van der Waals surface area contributed by atoms with Crippen LogP contribution in [0.1, 0.15) is 11.1 Å². The third-order valence-corrected chi connectivity index (χ3v) is 3.64. The fraction of sp³-hybridized carbons (Fsp3) is 0.143. The standard InChI is InChI=1S/C14H15P.3ClH.Co/c1-11-3-7-13(8-4-11)15-14-9-5-12(2)6-10-14;;;;/h3-10,15H,1-2H3;3*1H;/q;;;;+3/p-3. The number of aryl methyl sites for hydroxylation is 2. The Hall–Kier alpha value is 0.246. The molecule has 0 aliphatic carbocycles. The monoisotopic (exact) mass is 378 g/mol. The van der Waals surface area contributed by atoms with E-state index in [4.69, 9.17) is 30.4 Å². The molecule has 5 heteroatoms. The predicted octanol–water partition coefficient (Wildman–Crippen LogP) is 5.00. The van der Waals surface area contributed by atoms with Gasteiger partial charge in [0.1, 0.15) is 0 Å². The zero-order chi connectivity index (χ0) is 14.3. The summed E-state index contributed by atoms with van der Waals surface area (Å²) in [6.45, 7) is 4.25. The van der Waals surface area contributed by atoms with Gasteiger partial charge in [0.15, 0.2) is 0 Å². The van der Waals surface area contributed by atoms with Gasteiger partial charge in [-0.3, -0.25) is 0 Å². The van der Waals surface area contributed by atoms with Crippen LogP contribution in [0, 0.1) is 13.8 Å². The van der Waals surface area contributed by atoms with E-state index in [-0.39, 0.29) is 0 Å². The van der Waals surface area contributed by atoms with Gasteiger partial charge >= 0.3 is 41.4 Å². The topological polar surface area (TPSA) is 0 Å². The van der Waals surface area contributed by atoms with Crippen LogP contribution in [0.25, 0.3) is 0 Å². The van der Waals surface area contributed by atoms with E-state index in [9.17, 15) is 0 Å². The molecule has 0 N–H and O–H groups in total. The Kier molecular flexibility index (Phi) is 8.40. The van der Waals surface area contributed by atoms with Crippen LogP contribution in [-0.2, 0) is 10.9 Å². The molecule has 0 amide bonds. The molecule has 19 heavy (non-hydrogen) atoms. The molecule has 0 aliphatic rings. The van der Waals surface area contributed by atoms with Crippen LogP contribution >= 0.6 is 39.0 Å². The van der Waals surface area contributed by atoms with E-state index in [1.54, 1.807) is 0 Å². The summed E-state index contributed by atoms with van der Waals surface area (Å²) < 4.78 is 0. The average Bonchev–Trinajstić information content (AvgIpc) is 2.34. The fourth-order valence-corrected chi connectivity index (χ4v) is 2.44. The Balaban J connectivity index is 0.000000399. The summed E-state index contributed by atoms with van der Waals surface area (Å²) in [5.41, 5.74) is 2.65. The minimum absolute atomic E-state index is 0.769. The molecule has 2 aromatic rings. The van der Waals surface area contributed by atoms with Crippen molar-refractivity contribution >= 4 is 49.6 Å². The molecular formula is C14H15Cl3CoP. The summed E-state index contributed by atoms with van der Waals surface area (Å²) in [6.07, 6.45) is 0. The third-order valence-electron chi connectivity index (χ3n) is 2.39. The molecular weight excluding hydrogens is 364 g/mol. The van der Waals surface area contributed by atoms with E-state index < -0.39 is 10.9 Å². The maximum atomic E-state index is 4.87. The van der Waals surface area contributed by atoms with Crippen molar-refractivity contribution in [2.75, 3.05) is 0 Å². The fourth-order valence-electron chi connectivity index (χ4n) is 1.44. The van der Waals surface area contributed by atoms with Gasteiger partial charge in [0.05, 0.1) is 0 Å². The number of benzene rings is 2. The van der Waals surface area contributed by atoms with Gasteiger partial charge in [0, 0.05) is 0 Å². The number of hydrogen-bond acceptors (Lipinski definition) is 0. The molecule has 0 radical (unpaired) electrons. The predicted molar refractivity (Wildman–Crippen MR) is 87.5 cm³/mol. The molecule has 0 spiro atoms. The molecule has 0 fully saturated rings. The molecule has 0 heterocycles. The van der Waals surface area contributed by atoms with Crippen LogP contribution in [0.3, 0.4) is 0 Å². The molecule has 0 saturated carbocycles. The van der Waals surface area contributed by atoms with Crippen molar-refractivity contribution in [2.45, 2.75) is 13.8 Å². The Bertz CT molecular complexity index is 437. The van der Waals surface area contributed by atoms with Crippen molar-refractivity contribution in [1.82, 2.24) is 0 Å². The number of hydrogen-bond donors (Lipinski definition) is 0. The summed E-state index contributed by atoms with van der Waals surface area (Å²) in [7, 11) is 14.2. The molecule has 0 saturated heterocycles. The molecule has 0 atom stereocenters. The first-order chi connectivity index (χ1) is 8.97. The summed E-state index contributed by atoms with van der Waals surface area (Å²) >= 11 is 0. The SMILES string of the molecule is Cc1ccc(Pc2ccc(C)cc2)cc1.[Cl][Co]([Cl])[Cl]. The number of halogens is 3. The van der Waals surface area contributed by atoms with Gasteiger partial charge < -0.3 is 0 Å². The zero-order valence-electron chi connectivity index (χ0n) is 10.6. The van der Waals surface area contributed by atoms with E-state index >= 15 is 0 Å². The summed E-state index contributed by atoms with van der Waals surface area (Å²) in [5, 5.41) is 2.81. The zero-order valence-corrected chi connectivity index (χ0v) is 14.9. The Morgan fingerprint density at radius 3 is 1.21 bits per heavy atom. The first kappa shape index (κ1) is 17.3.